The quantitative estimate of drug-likeness (QED) is 0.648. The fourth-order valence-electron chi connectivity index (χ4n) is 1.64. The molecule has 0 amide bonds. The Balaban J connectivity index is 2.24. The van der Waals surface area contributed by atoms with Crippen LogP contribution in [0.1, 0.15) is 18.1 Å². The highest BCUT2D eigenvalue weighted by molar-refractivity contribution is 5.69. The molecular weight excluding hydrogens is 186 g/mol. The third-order valence-electron chi connectivity index (χ3n) is 2.32. The van der Waals surface area contributed by atoms with Gasteiger partial charge in [-0.25, -0.2) is 0 Å². The van der Waals surface area contributed by atoms with Crippen LogP contribution >= 0.6 is 0 Å². The molecule has 0 bridgehead atoms. The summed E-state index contributed by atoms with van der Waals surface area (Å²) in [4.78, 5) is 10.5. The minimum Gasteiger partial charge on any atom is -0.481 e. The van der Waals surface area contributed by atoms with E-state index < -0.39 is 5.97 Å². The summed E-state index contributed by atoms with van der Waals surface area (Å²) in [5.41, 5.74) is 0. The van der Waals surface area contributed by atoms with Crippen molar-refractivity contribution in [3.63, 3.8) is 0 Å². The van der Waals surface area contributed by atoms with E-state index in [4.69, 9.17) is 5.11 Å². The minimum atomic E-state index is -0.911. The largest absolute Gasteiger partial charge is 0.481 e. The molecule has 1 atom stereocenters. The van der Waals surface area contributed by atoms with Crippen LogP contribution in [0, 0.1) is 0 Å². The van der Waals surface area contributed by atoms with Gasteiger partial charge in [0.2, 0.25) is 0 Å². The van der Waals surface area contributed by atoms with Gasteiger partial charge in [0.05, 0.1) is 6.10 Å². The van der Waals surface area contributed by atoms with E-state index in [0.717, 1.165) is 0 Å². The standard InChI is InChI=1S/C8H11N3O3/c12-5-1-2-11-6(3-5)9-10-7(11)4-8(13)14/h5,12H,1-4H2,(H,13,14). The molecule has 0 aliphatic carbocycles. The van der Waals surface area contributed by atoms with Crippen LogP contribution in [0.25, 0.3) is 0 Å². The fraction of sp³-hybridized carbons (Fsp3) is 0.625. The van der Waals surface area contributed by atoms with Gasteiger partial charge in [0.25, 0.3) is 0 Å². The van der Waals surface area contributed by atoms with Crippen molar-refractivity contribution in [3.05, 3.63) is 11.6 Å². The molecule has 0 spiro atoms. The fourth-order valence-corrected chi connectivity index (χ4v) is 1.64. The van der Waals surface area contributed by atoms with E-state index in [-0.39, 0.29) is 12.5 Å². The van der Waals surface area contributed by atoms with Crippen molar-refractivity contribution in [1.82, 2.24) is 14.8 Å². The van der Waals surface area contributed by atoms with Crippen LogP contribution in [0.2, 0.25) is 0 Å². The van der Waals surface area contributed by atoms with Crippen LogP contribution in [-0.4, -0.2) is 37.1 Å². The van der Waals surface area contributed by atoms with Crippen LogP contribution in [0.15, 0.2) is 0 Å². The Morgan fingerprint density at radius 3 is 3.07 bits per heavy atom. The first kappa shape index (κ1) is 9.14. The molecule has 1 aromatic heterocycles. The number of carboxylic acids is 1. The highest BCUT2D eigenvalue weighted by Crippen LogP contribution is 2.15. The van der Waals surface area contributed by atoms with E-state index in [1.54, 1.807) is 4.57 Å². The number of rotatable bonds is 2. The number of aromatic nitrogens is 3. The van der Waals surface area contributed by atoms with Crippen LogP contribution in [0.4, 0.5) is 0 Å². The van der Waals surface area contributed by atoms with Crippen LogP contribution in [0.5, 0.6) is 0 Å². The van der Waals surface area contributed by atoms with E-state index in [9.17, 15) is 9.90 Å². The van der Waals surface area contributed by atoms with Gasteiger partial charge in [-0.2, -0.15) is 0 Å². The molecule has 2 N–H and O–H groups in total. The zero-order chi connectivity index (χ0) is 10.1. The Morgan fingerprint density at radius 1 is 1.57 bits per heavy atom. The predicted molar refractivity (Wildman–Crippen MR) is 45.7 cm³/mol. The first-order valence-electron chi connectivity index (χ1n) is 4.47. The maximum Gasteiger partial charge on any atom is 0.311 e. The predicted octanol–water partition coefficient (Wildman–Crippen LogP) is -0.788. The van der Waals surface area contributed by atoms with Gasteiger partial charge < -0.3 is 14.8 Å². The molecule has 1 aromatic rings. The van der Waals surface area contributed by atoms with E-state index >= 15 is 0 Å². The summed E-state index contributed by atoms with van der Waals surface area (Å²) in [6, 6.07) is 0. The first-order valence-corrected chi connectivity index (χ1v) is 4.47. The third-order valence-corrected chi connectivity index (χ3v) is 2.32. The third kappa shape index (κ3) is 1.60. The molecule has 0 saturated carbocycles. The summed E-state index contributed by atoms with van der Waals surface area (Å²) in [5.74, 6) is 0.241. The zero-order valence-corrected chi connectivity index (χ0v) is 7.55. The number of aliphatic carboxylic acids is 1. The molecular formula is C8H11N3O3. The SMILES string of the molecule is O=C(O)Cc1nnc2n1CCC(O)C2. The molecule has 2 rings (SSSR count). The van der Waals surface area contributed by atoms with Gasteiger partial charge in [-0.05, 0) is 6.42 Å². The van der Waals surface area contributed by atoms with Gasteiger partial charge in [-0.3, -0.25) is 4.79 Å². The number of aliphatic hydroxyl groups is 1. The molecule has 76 valence electrons. The molecule has 6 nitrogen and oxygen atoms in total. The van der Waals surface area contributed by atoms with Gasteiger partial charge in [0, 0.05) is 13.0 Å². The van der Waals surface area contributed by atoms with Crippen molar-refractivity contribution in [2.75, 3.05) is 0 Å². The molecule has 0 radical (unpaired) electrons. The Kier molecular flexibility index (Phi) is 2.20. The Morgan fingerprint density at radius 2 is 2.36 bits per heavy atom. The number of fused-ring (bicyclic) bond motifs is 1. The normalized spacial score (nSPS) is 20.5. The second-order valence-corrected chi connectivity index (χ2v) is 3.40. The summed E-state index contributed by atoms with van der Waals surface area (Å²) in [6.07, 6.45) is 0.622. The van der Waals surface area contributed by atoms with Crippen molar-refractivity contribution < 1.29 is 15.0 Å². The molecule has 2 heterocycles. The number of hydrogen-bond donors (Lipinski definition) is 2. The summed E-state index contributed by atoms with van der Waals surface area (Å²) in [5, 5.41) is 25.6. The summed E-state index contributed by atoms with van der Waals surface area (Å²) < 4.78 is 1.78. The van der Waals surface area contributed by atoms with Gasteiger partial charge in [-0.15, -0.1) is 10.2 Å². The molecule has 1 unspecified atom stereocenters. The van der Waals surface area contributed by atoms with Crippen molar-refractivity contribution >= 4 is 5.97 Å². The average Bonchev–Trinajstić information content (AvgIpc) is 2.47. The maximum atomic E-state index is 10.5. The summed E-state index contributed by atoms with van der Waals surface area (Å²) in [7, 11) is 0. The van der Waals surface area contributed by atoms with Crippen LogP contribution in [0.3, 0.4) is 0 Å². The Labute approximate surface area is 80.2 Å². The molecule has 1 aliphatic rings. The lowest BCUT2D eigenvalue weighted by Crippen LogP contribution is -2.24. The number of hydrogen-bond acceptors (Lipinski definition) is 4. The highest BCUT2D eigenvalue weighted by atomic mass is 16.4. The Hall–Kier alpha value is -1.43. The number of aliphatic hydroxyl groups excluding tert-OH is 1. The van der Waals surface area contributed by atoms with Crippen molar-refractivity contribution in [1.29, 1.82) is 0 Å². The number of carboxylic acid groups (broad SMARTS) is 1. The zero-order valence-electron chi connectivity index (χ0n) is 7.55. The summed E-state index contributed by atoms with van der Waals surface area (Å²) >= 11 is 0. The van der Waals surface area contributed by atoms with E-state index in [1.165, 1.54) is 0 Å². The first-order chi connectivity index (χ1) is 6.66. The topological polar surface area (TPSA) is 88.2 Å². The molecule has 0 fully saturated rings. The summed E-state index contributed by atoms with van der Waals surface area (Å²) in [6.45, 7) is 0.603. The molecule has 0 aromatic carbocycles. The lowest BCUT2D eigenvalue weighted by atomic mass is 10.1. The van der Waals surface area contributed by atoms with Gasteiger partial charge >= 0.3 is 5.97 Å². The molecule has 0 saturated heterocycles. The van der Waals surface area contributed by atoms with Crippen molar-refractivity contribution in [2.45, 2.75) is 31.9 Å². The monoisotopic (exact) mass is 197 g/mol. The maximum absolute atomic E-state index is 10.5. The smallest absolute Gasteiger partial charge is 0.311 e. The highest BCUT2D eigenvalue weighted by Gasteiger charge is 2.21. The number of carbonyl (C=O) groups is 1. The minimum absolute atomic E-state index is 0.108. The lowest BCUT2D eigenvalue weighted by Gasteiger charge is -2.18. The van der Waals surface area contributed by atoms with Gasteiger partial charge in [0.1, 0.15) is 18.1 Å². The second-order valence-electron chi connectivity index (χ2n) is 3.40. The second kappa shape index (κ2) is 3.38. The number of nitrogens with zero attached hydrogens (tertiary/aromatic N) is 3. The average molecular weight is 197 g/mol. The van der Waals surface area contributed by atoms with Crippen molar-refractivity contribution in [3.8, 4) is 0 Å². The lowest BCUT2D eigenvalue weighted by molar-refractivity contribution is -0.136. The van der Waals surface area contributed by atoms with E-state index in [0.29, 0.717) is 31.0 Å². The van der Waals surface area contributed by atoms with Crippen LogP contribution in [-0.2, 0) is 24.2 Å². The van der Waals surface area contributed by atoms with Crippen molar-refractivity contribution in [2.24, 2.45) is 0 Å². The van der Waals surface area contributed by atoms with E-state index in [1.807, 2.05) is 0 Å². The van der Waals surface area contributed by atoms with Gasteiger partial charge in [0.15, 0.2) is 0 Å². The van der Waals surface area contributed by atoms with E-state index in [2.05, 4.69) is 10.2 Å². The molecule has 14 heavy (non-hydrogen) atoms. The van der Waals surface area contributed by atoms with Gasteiger partial charge in [-0.1, -0.05) is 0 Å². The molecule has 1 aliphatic heterocycles. The molecule has 6 heteroatoms. The van der Waals surface area contributed by atoms with Crippen LogP contribution < -0.4 is 0 Å². The Bertz CT molecular complexity index is 361.